The van der Waals surface area contributed by atoms with E-state index in [-0.39, 0.29) is 69.1 Å². The molecule has 2 amide bonds. The van der Waals surface area contributed by atoms with Crippen LogP contribution < -0.4 is 10.6 Å². The maximum atomic E-state index is 14.5. The fourth-order valence-corrected chi connectivity index (χ4v) is 11.0. The molecular weight excluding hydrogens is 534 g/mol. The van der Waals surface area contributed by atoms with Crippen molar-refractivity contribution in [1.29, 1.82) is 5.26 Å². The number of hydrogen-bond donors (Lipinski definition) is 2. The summed E-state index contributed by atoms with van der Waals surface area (Å²) in [4.78, 5) is 41.0. The molecule has 0 bridgehead atoms. The van der Waals surface area contributed by atoms with Gasteiger partial charge in [0.05, 0.1) is 5.57 Å². The van der Waals surface area contributed by atoms with E-state index in [1.165, 1.54) is 0 Å². The molecule has 0 aromatic heterocycles. The van der Waals surface area contributed by atoms with Gasteiger partial charge in [0.15, 0.2) is 11.6 Å². The molecular formula is C37H47N3O3. The number of rotatable bonds is 2. The Morgan fingerprint density at radius 2 is 1.63 bits per heavy atom. The van der Waals surface area contributed by atoms with Crippen LogP contribution >= 0.6 is 0 Å². The molecule has 3 fully saturated rings. The van der Waals surface area contributed by atoms with E-state index in [0.717, 1.165) is 49.8 Å². The first-order valence-corrected chi connectivity index (χ1v) is 16.1. The van der Waals surface area contributed by atoms with Crippen LogP contribution in [0.25, 0.3) is 0 Å². The van der Waals surface area contributed by atoms with Gasteiger partial charge in [0, 0.05) is 28.5 Å². The van der Waals surface area contributed by atoms with Crippen molar-refractivity contribution in [3.63, 3.8) is 0 Å². The maximum Gasteiger partial charge on any atom is 0.319 e. The molecule has 5 aliphatic rings. The molecule has 6 nitrogen and oxygen atoms in total. The highest BCUT2D eigenvalue weighted by Crippen LogP contribution is 2.73. The minimum atomic E-state index is -0.665. The predicted molar refractivity (Wildman–Crippen MR) is 168 cm³/mol. The number of nitriles is 1. The van der Waals surface area contributed by atoms with Crippen LogP contribution in [0.3, 0.4) is 0 Å². The van der Waals surface area contributed by atoms with Crippen LogP contribution in [0, 0.1) is 62.1 Å². The summed E-state index contributed by atoms with van der Waals surface area (Å²) in [6, 6.07) is 11.5. The monoisotopic (exact) mass is 581 g/mol. The SMILES string of the molecule is CC1(C)C[C@H]2[C@H](CC[C@]3(C)[C@@H]2C(=O)C=C2[C@@]4(C)C=C(C#N)C(=O)C(C)(C)[C@@H]4CC[C@]23C)[C@H](NC(=O)Nc2ccccc2)C1. The van der Waals surface area contributed by atoms with E-state index in [9.17, 15) is 19.6 Å². The lowest BCUT2D eigenvalue weighted by atomic mass is 9.35. The lowest BCUT2D eigenvalue weighted by Gasteiger charge is -2.68. The number of hydrogen-bond acceptors (Lipinski definition) is 4. The number of amides is 2. The van der Waals surface area contributed by atoms with Crippen LogP contribution in [0.1, 0.15) is 87.0 Å². The molecule has 0 aliphatic heterocycles. The van der Waals surface area contributed by atoms with E-state index >= 15 is 0 Å². The Morgan fingerprint density at radius 3 is 2.30 bits per heavy atom. The summed E-state index contributed by atoms with van der Waals surface area (Å²) >= 11 is 0. The summed E-state index contributed by atoms with van der Waals surface area (Å²) in [5.74, 6) is 0.438. The van der Waals surface area contributed by atoms with Crippen LogP contribution in [0.2, 0.25) is 0 Å². The van der Waals surface area contributed by atoms with Crippen molar-refractivity contribution in [3.8, 4) is 6.07 Å². The Labute approximate surface area is 256 Å². The highest BCUT2D eigenvalue weighted by atomic mass is 16.2. The lowest BCUT2D eigenvalue weighted by molar-refractivity contribution is -0.157. The predicted octanol–water partition coefficient (Wildman–Crippen LogP) is 7.64. The van der Waals surface area contributed by atoms with Crippen molar-refractivity contribution in [2.24, 2.45) is 50.7 Å². The summed E-state index contributed by atoms with van der Waals surface area (Å²) in [7, 11) is 0. The zero-order valence-corrected chi connectivity index (χ0v) is 26.8. The number of carbonyl (C=O) groups is 3. The van der Waals surface area contributed by atoms with Gasteiger partial charge in [-0.2, -0.15) is 5.26 Å². The van der Waals surface area contributed by atoms with Gasteiger partial charge >= 0.3 is 6.03 Å². The van der Waals surface area contributed by atoms with Gasteiger partial charge in [0.1, 0.15) is 6.07 Å². The first kappa shape index (κ1) is 29.9. The smallest absolute Gasteiger partial charge is 0.319 e. The molecule has 3 saturated carbocycles. The van der Waals surface area contributed by atoms with Crippen LogP contribution in [0.15, 0.2) is 53.6 Å². The fraction of sp³-hybridized carbons (Fsp3) is 0.622. The Bertz CT molecular complexity index is 1480. The van der Waals surface area contributed by atoms with Gasteiger partial charge < -0.3 is 10.6 Å². The number of Topliss-reactive ketones (excluding diaryl/α,β-unsaturated/α-hetero) is 1. The molecule has 2 N–H and O–H groups in total. The van der Waals surface area contributed by atoms with E-state index < -0.39 is 10.8 Å². The number of benzene rings is 1. The zero-order chi connectivity index (χ0) is 31.2. The average Bonchev–Trinajstić information content (AvgIpc) is 2.92. The molecule has 228 valence electrons. The third-order valence-corrected chi connectivity index (χ3v) is 13.0. The molecule has 1 aromatic rings. The van der Waals surface area contributed by atoms with Crippen molar-refractivity contribution in [3.05, 3.63) is 53.6 Å². The maximum absolute atomic E-state index is 14.5. The molecule has 5 aliphatic carbocycles. The quantitative estimate of drug-likeness (QED) is 0.375. The lowest BCUT2D eigenvalue weighted by Crippen LogP contribution is -2.65. The summed E-state index contributed by atoms with van der Waals surface area (Å²) in [5.41, 5.74) is 0.430. The van der Waals surface area contributed by atoms with Crippen molar-refractivity contribution < 1.29 is 14.4 Å². The van der Waals surface area contributed by atoms with Crippen LogP contribution in [0.5, 0.6) is 0 Å². The standard InChI is InChI=1S/C37H47N3O3/c1-33(2)19-25-24(26(20-33)40-32(43)39-23-11-9-8-10-12-23)13-15-37(7)30(25)27(41)17-29-35(5)18-22(21-38)31(42)34(3,4)28(35)14-16-36(29,37)6/h8-12,17-18,24-26,28,30H,13-16,19-20H2,1-7H3,(H2,39,40,43)/t24-,25-,26+,28-,30-,35-,36+,37+/m0/s1. The zero-order valence-electron chi connectivity index (χ0n) is 26.8. The van der Waals surface area contributed by atoms with E-state index in [1.54, 1.807) is 0 Å². The normalized spacial score (nSPS) is 40.7. The number of nitrogens with zero attached hydrogens (tertiary/aromatic N) is 1. The highest BCUT2D eigenvalue weighted by Gasteiger charge is 2.68. The van der Waals surface area contributed by atoms with Crippen molar-refractivity contribution in [2.45, 2.75) is 93.0 Å². The fourth-order valence-electron chi connectivity index (χ4n) is 11.0. The molecule has 43 heavy (non-hydrogen) atoms. The Morgan fingerprint density at radius 1 is 0.930 bits per heavy atom. The molecule has 6 heteroatoms. The van der Waals surface area contributed by atoms with Crippen molar-refractivity contribution >= 4 is 23.3 Å². The molecule has 0 spiro atoms. The number of fused-ring (bicyclic) bond motifs is 7. The molecule has 0 saturated heterocycles. The first-order chi connectivity index (χ1) is 20.1. The number of urea groups is 1. The molecule has 6 rings (SSSR count). The van der Waals surface area contributed by atoms with E-state index in [1.807, 2.05) is 56.3 Å². The number of para-hydroxylation sites is 1. The van der Waals surface area contributed by atoms with Gasteiger partial charge in [0.25, 0.3) is 0 Å². The van der Waals surface area contributed by atoms with Gasteiger partial charge in [-0.1, -0.05) is 78.3 Å². The number of anilines is 1. The van der Waals surface area contributed by atoms with Crippen molar-refractivity contribution in [1.82, 2.24) is 5.32 Å². The summed E-state index contributed by atoms with van der Waals surface area (Å²) in [6.07, 6.45) is 9.39. The van der Waals surface area contributed by atoms with Crippen LogP contribution in [0.4, 0.5) is 10.5 Å². The summed E-state index contributed by atoms with van der Waals surface area (Å²) in [5, 5.41) is 16.3. The second-order valence-electron chi connectivity index (χ2n) is 16.3. The Kier molecular flexibility index (Phi) is 6.70. The Balaban J connectivity index is 1.37. The van der Waals surface area contributed by atoms with Crippen molar-refractivity contribution in [2.75, 3.05) is 5.32 Å². The molecule has 0 radical (unpaired) electrons. The highest BCUT2D eigenvalue weighted by molar-refractivity contribution is 6.04. The van der Waals surface area contributed by atoms with Gasteiger partial charge in [-0.3, -0.25) is 9.59 Å². The Hall–Kier alpha value is -3.20. The average molecular weight is 582 g/mol. The third kappa shape index (κ3) is 4.28. The number of ketones is 2. The van der Waals surface area contributed by atoms with E-state index in [2.05, 4.69) is 51.3 Å². The minimum Gasteiger partial charge on any atom is -0.335 e. The van der Waals surface area contributed by atoms with Gasteiger partial charge in [-0.25, -0.2) is 4.79 Å². The first-order valence-electron chi connectivity index (χ1n) is 16.1. The van der Waals surface area contributed by atoms with Gasteiger partial charge in [-0.05, 0) is 90.7 Å². The van der Waals surface area contributed by atoms with Gasteiger partial charge in [-0.15, -0.1) is 0 Å². The largest absolute Gasteiger partial charge is 0.335 e. The van der Waals surface area contributed by atoms with E-state index in [4.69, 9.17) is 0 Å². The van der Waals surface area contributed by atoms with E-state index in [0.29, 0.717) is 0 Å². The number of allylic oxidation sites excluding steroid dienone is 4. The molecule has 0 unspecified atom stereocenters. The number of nitrogens with one attached hydrogen (secondary N) is 2. The van der Waals surface area contributed by atoms with Crippen LogP contribution in [-0.2, 0) is 9.59 Å². The van der Waals surface area contributed by atoms with Gasteiger partial charge in [0.2, 0.25) is 0 Å². The third-order valence-electron chi connectivity index (χ3n) is 13.0. The number of carbonyl (C=O) groups excluding carboxylic acids is 3. The summed E-state index contributed by atoms with van der Waals surface area (Å²) in [6.45, 7) is 15.4. The molecule has 8 atom stereocenters. The van der Waals surface area contributed by atoms with Crippen LogP contribution in [-0.4, -0.2) is 23.6 Å². The molecule has 1 aromatic carbocycles. The molecule has 0 heterocycles. The topological polar surface area (TPSA) is 99.1 Å². The summed E-state index contributed by atoms with van der Waals surface area (Å²) < 4.78 is 0. The second-order valence-corrected chi connectivity index (χ2v) is 16.3. The second kappa shape index (κ2) is 9.65. The minimum absolute atomic E-state index is 0.00692.